The summed E-state index contributed by atoms with van der Waals surface area (Å²) in [7, 11) is -3.67. The Morgan fingerprint density at radius 2 is 1.95 bits per heavy atom. The highest BCUT2D eigenvalue weighted by Gasteiger charge is 2.27. The number of halogens is 1. The molecule has 0 bridgehead atoms. The molecule has 0 atom stereocenters. The van der Waals surface area contributed by atoms with Gasteiger partial charge in [0.2, 0.25) is 10.0 Å². The molecule has 1 aromatic rings. The number of hydrogen-bond donors (Lipinski definition) is 0. The molecule has 1 aromatic carbocycles. The van der Waals surface area contributed by atoms with Gasteiger partial charge in [0.15, 0.2) is 11.6 Å². The predicted molar refractivity (Wildman–Crippen MR) is 71.7 cm³/mol. The molecule has 5 nitrogen and oxygen atoms in total. The number of sulfonamides is 1. The monoisotopic (exact) mass is 303 g/mol. The lowest BCUT2D eigenvalue weighted by molar-refractivity contribution is 0.0730. The van der Waals surface area contributed by atoms with Crippen LogP contribution >= 0.6 is 0 Å². The van der Waals surface area contributed by atoms with Gasteiger partial charge in [0, 0.05) is 13.1 Å². The van der Waals surface area contributed by atoms with Crippen LogP contribution in [0.1, 0.15) is 13.8 Å². The summed E-state index contributed by atoms with van der Waals surface area (Å²) in [5, 5.41) is 0. The summed E-state index contributed by atoms with van der Waals surface area (Å²) in [6.45, 7) is 4.84. The predicted octanol–water partition coefficient (Wildman–Crippen LogP) is 1.63. The van der Waals surface area contributed by atoms with Gasteiger partial charge in [-0.05, 0) is 32.0 Å². The molecule has 0 unspecified atom stereocenters. The molecule has 2 rings (SSSR count). The molecule has 0 N–H and O–H groups in total. The van der Waals surface area contributed by atoms with Gasteiger partial charge in [0.1, 0.15) is 0 Å². The van der Waals surface area contributed by atoms with E-state index in [2.05, 4.69) is 0 Å². The summed E-state index contributed by atoms with van der Waals surface area (Å²) in [4.78, 5) is -0.0620. The molecule has 112 valence electrons. The van der Waals surface area contributed by atoms with Crippen molar-refractivity contribution in [3.05, 3.63) is 24.0 Å². The van der Waals surface area contributed by atoms with Crippen LogP contribution in [0.15, 0.2) is 23.1 Å². The lowest BCUT2D eigenvalue weighted by atomic mass is 10.3. The molecule has 0 spiro atoms. The van der Waals surface area contributed by atoms with E-state index in [4.69, 9.17) is 9.47 Å². The van der Waals surface area contributed by atoms with Gasteiger partial charge in [0.05, 0.1) is 24.2 Å². The molecule has 1 saturated heterocycles. The molecule has 0 aliphatic carbocycles. The van der Waals surface area contributed by atoms with Crippen LogP contribution in [0.25, 0.3) is 0 Å². The van der Waals surface area contributed by atoms with Crippen molar-refractivity contribution in [2.75, 3.05) is 26.3 Å². The fraction of sp³-hybridized carbons (Fsp3) is 0.538. The van der Waals surface area contributed by atoms with E-state index in [0.717, 1.165) is 6.07 Å². The number of benzene rings is 1. The summed E-state index contributed by atoms with van der Waals surface area (Å²) in [5.74, 6) is -0.617. The highest BCUT2D eigenvalue weighted by Crippen LogP contribution is 2.24. The van der Waals surface area contributed by atoms with Crippen LogP contribution < -0.4 is 4.74 Å². The van der Waals surface area contributed by atoms with Crippen molar-refractivity contribution in [3.8, 4) is 5.75 Å². The fourth-order valence-corrected chi connectivity index (χ4v) is 3.35. The lowest BCUT2D eigenvalue weighted by Gasteiger charge is -2.26. The summed E-state index contributed by atoms with van der Waals surface area (Å²) in [5.41, 5.74) is 0. The molecule has 0 amide bonds. The largest absolute Gasteiger partial charge is 0.488 e. The maximum Gasteiger partial charge on any atom is 0.243 e. The molecule has 20 heavy (non-hydrogen) atoms. The van der Waals surface area contributed by atoms with Gasteiger partial charge in [0.25, 0.3) is 0 Å². The smallest absolute Gasteiger partial charge is 0.243 e. The van der Waals surface area contributed by atoms with E-state index >= 15 is 0 Å². The highest BCUT2D eigenvalue weighted by atomic mass is 32.2. The minimum absolute atomic E-state index is 0.0564. The van der Waals surface area contributed by atoms with Gasteiger partial charge < -0.3 is 9.47 Å². The van der Waals surface area contributed by atoms with Crippen molar-refractivity contribution in [3.63, 3.8) is 0 Å². The van der Waals surface area contributed by atoms with E-state index in [-0.39, 0.29) is 29.8 Å². The van der Waals surface area contributed by atoms with Crippen molar-refractivity contribution < 1.29 is 22.3 Å². The van der Waals surface area contributed by atoms with Crippen molar-refractivity contribution in [1.82, 2.24) is 4.31 Å². The third-order valence-electron chi connectivity index (χ3n) is 2.87. The van der Waals surface area contributed by atoms with Crippen LogP contribution in [0.4, 0.5) is 4.39 Å². The van der Waals surface area contributed by atoms with Gasteiger partial charge in [-0.25, -0.2) is 12.8 Å². The van der Waals surface area contributed by atoms with Crippen molar-refractivity contribution in [1.29, 1.82) is 0 Å². The Kier molecular flexibility index (Phi) is 4.62. The van der Waals surface area contributed by atoms with Gasteiger partial charge in [-0.1, -0.05) is 0 Å². The summed E-state index contributed by atoms with van der Waals surface area (Å²) < 4.78 is 50.2. The van der Waals surface area contributed by atoms with Crippen LogP contribution in [-0.4, -0.2) is 45.1 Å². The molecule has 0 aromatic heterocycles. The number of hydrogen-bond acceptors (Lipinski definition) is 4. The number of morpholine rings is 1. The topological polar surface area (TPSA) is 55.8 Å². The van der Waals surface area contributed by atoms with Crippen molar-refractivity contribution >= 4 is 10.0 Å². The SMILES string of the molecule is CC(C)Oc1ccc(S(=O)(=O)N2CCOCC2)cc1F. The third-order valence-corrected chi connectivity index (χ3v) is 4.77. The Balaban J connectivity index is 2.26. The molecule has 1 aliphatic heterocycles. The van der Waals surface area contributed by atoms with E-state index in [9.17, 15) is 12.8 Å². The van der Waals surface area contributed by atoms with Gasteiger partial charge in [-0.2, -0.15) is 4.31 Å². The van der Waals surface area contributed by atoms with Crippen molar-refractivity contribution in [2.24, 2.45) is 0 Å². The van der Waals surface area contributed by atoms with Crippen LogP contribution in [0.2, 0.25) is 0 Å². The Hall–Kier alpha value is -1.18. The molecule has 1 aliphatic rings. The van der Waals surface area contributed by atoms with E-state index in [1.54, 1.807) is 13.8 Å². The Bertz CT molecular complexity index is 568. The average Bonchev–Trinajstić information content (AvgIpc) is 2.41. The minimum atomic E-state index is -3.67. The first-order chi connectivity index (χ1) is 9.41. The summed E-state index contributed by atoms with van der Waals surface area (Å²) in [6.07, 6.45) is -0.175. The fourth-order valence-electron chi connectivity index (χ4n) is 1.93. The number of ether oxygens (including phenoxy) is 2. The Morgan fingerprint density at radius 3 is 2.50 bits per heavy atom. The Morgan fingerprint density at radius 1 is 1.30 bits per heavy atom. The summed E-state index contributed by atoms with van der Waals surface area (Å²) in [6, 6.07) is 3.72. The second-order valence-electron chi connectivity index (χ2n) is 4.78. The average molecular weight is 303 g/mol. The molecular formula is C13H18FNO4S. The number of nitrogens with zero attached hydrogens (tertiary/aromatic N) is 1. The van der Waals surface area contributed by atoms with Crippen LogP contribution in [0.3, 0.4) is 0 Å². The quantitative estimate of drug-likeness (QED) is 0.848. The lowest BCUT2D eigenvalue weighted by Crippen LogP contribution is -2.40. The molecule has 1 heterocycles. The maximum atomic E-state index is 13.9. The second kappa shape index (κ2) is 6.07. The molecular weight excluding hydrogens is 285 g/mol. The third kappa shape index (κ3) is 3.28. The van der Waals surface area contributed by atoms with Gasteiger partial charge in [-0.15, -0.1) is 0 Å². The molecule has 0 saturated carbocycles. The standard InChI is InChI=1S/C13H18FNO4S/c1-10(2)19-13-4-3-11(9-12(13)14)20(16,17)15-5-7-18-8-6-15/h3-4,9-10H,5-8H2,1-2H3. The molecule has 7 heteroatoms. The van der Waals surface area contributed by atoms with Crippen LogP contribution in [0.5, 0.6) is 5.75 Å². The first kappa shape index (κ1) is 15.2. The Labute approximate surface area is 118 Å². The zero-order valence-electron chi connectivity index (χ0n) is 11.5. The highest BCUT2D eigenvalue weighted by molar-refractivity contribution is 7.89. The van der Waals surface area contributed by atoms with Gasteiger partial charge >= 0.3 is 0 Å². The zero-order chi connectivity index (χ0) is 14.8. The normalized spacial score (nSPS) is 17.4. The van der Waals surface area contributed by atoms with Crippen LogP contribution in [-0.2, 0) is 14.8 Å². The van der Waals surface area contributed by atoms with E-state index in [1.807, 2.05) is 0 Å². The van der Waals surface area contributed by atoms with Crippen molar-refractivity contribution in [2.45, 2.75) is 24.8 Å². The first-order valence-electron chi connectivity index (χ1n) is 6.45. The van der Waals surface area contributed by atoms with E-state index in [0.29, 0.717) is 13.2 Å². The number of rotatable bonds is 4. The first-order valence-corrected chi connectivity index (χ1v) is 7.89. The van der Waals surface area contributed by atoms with E-state index in [1.165, 1.54) is 16.4 Å². The molecule has 1 fully saturated rings. The zero-order valence-corrected chi connectivity index (χ0v) is 12.3. The second-order valence-corrected chi connectivity index (χ2v) is 6.71. The van der Waals surface area contributed by atoms with Crippen LogP contribution in [0, 0.1) is 5.82 Å². The summed E-state index contributed by atoms with van der Waals surface area (Å²) >= 11 is 0. The molecule has 0 radical (unpaired) electrons. The maximum absolute atomic E-state index is 13.9. The van der Waals surface area contributed by atoms with Gasteiger partial charge in [-0.3, -0.25) is 0 Å². The minimum Gasteiger partial charge on any atom is -0.488 e. The van der Waals surface area contributed by atoms with E-state index < -0.39 is 15.8 Å².